The van der Waals surface area contributed by atoms with Gasteiger partial charge in [0.15, 0.2) is 5.76 Å². The first kappa shape index (κ1) is 16.4. The number of amides is 2. The highest BCUT2D eigenvalue weighted by atomic mass is 19.1. The Morgan fingerprint density at radius 3 is 2.61 bits per heavy atom. The lowest BCUT2D eigenvalue weighted by atomic mass is 10.2. The summed E-state index contributed by atoms with van der Waals surface area (Å²) in [7, 11) is 0. The van der Waals surface area contributed by atoms with E-state index in [1.165, 1.54) is 24.5 Å². The van der Waals surface area contributed by atoms with Crippen molar-refractivity contribution in [2.45, 2.75) is 19.9 Å². The van der Waals surface area contributed by atoms with E-state index in [1.54, 1.807) is 25.1 Å². The highest BCUT2D eigenvalue weighted by Crippen LogP contribution is 2.02. The minimum Gasteiger partial charge on any atom is -0.459 e. The Bertz CT molecular complexity index is 694. The summed E-state index contributed by atoms with van der Waals surface area (Å²) in [6, 6.07) is 8.96. The van der Waals surface area contributed by atoms with E-state index in [9.17, 15) is 14.0 Å². The van der Waals surface area contributed by atoms with Gasteiger partial charge >= 0.3 is 5.91 Å². The van der Waals surface area contributed by atoms with Gasteiger partial charge in [-0.1, -0.05) is 12.1 Å². The van der Waals surface area contributed by atoms with E-state index in [-0.39, 0.29) is 23.9 Å². The molecule has 2 aromatic rings. The summed E-state index contributed by atoms with van der Waals surface area (Å²) in [5.41, 5.74) is 3.54. The predicted octanol–water partition coefficient (Wildman–Crippen LogP) is 2.23. The maximum absolute atomic E-state index is 12.8. The van der Waals surface area contributed by atoms with Crippen molar-refractivity contribution in [3.05, 3.63) is 59.8 Å². The topological polar surface area (TPSA) is 83.7 Å². The summed E-state index contributed by atoms with van der Waals surface area (Å²) in [6.07, 6.45) is 1.42. The molecule has 0 spiro atoms. The maximum atomic E-state index is 12.8. The van der Waals surface area contributed by atoms with E-state index in [1.807, 2.05) is 0 Å². The molecular weight excluding hydrogens is 301 g/mol. The SMILES string of the molecule is C/C(CC(=O)NCc1ccc(F)cc1)=N/NC(=O)c1ccco1. The van der Waals surface area contributed by atoms with Gasteiger partial charge < -0.3 is 9.73 Å². The van der Waals surface area contributed by atoms with E-state index < -0.39 is 5.91 Å². The van der Waals surface area contributed by atoms with Gasteiger partial charge in [0.1, 0.15) is 5.82 Å². The van der Waals surface area contributed by atoms with Crippen molar-refractivity contribution < 1.29 is 18.4 Å². The van der Waals surface area contributed by atoms with Crippen molar-refractivity contribution in [2.75, 3.05) is 0 Å². The summed E-state index contributed by atoms with van der Waals surface area (Å²) in [6.45, 7) is 1.92. The van der Waals surface area contributed by atoms with Crippen LogP contribution >= 0.6 is 0 Å². The number of nitrogens with one attached hydrogen (secondary N) is 2. The molecule has 1 heterocycles. The van der Waals surface area contributed by atoms with Gasteiger partial charge in [-0.3, -0.25) is 9.59 Å². The average molecular weight is 317 g/mol. The summed E-state index contributed by atoms with van der Waals surface area (Å²) < 4.78 is 17.7. The number of furan rings is 1. The molecule has 0 atom stereocenters. The van der Waals surface area contributed by atoms with Crippen LogP contribution in [-0.2, 0) is 11.3 Å². The predicted molar refractivity (Wildman–Crippen MR) is 82.1 cm³/mol. The van der Waals surface area contributed by atoms with E-state index in [2.05, 4.69) is 15.8 Å². The number of carbonyl (C=O) groups excluding carboxylic acids is 2. The Labute approximate surface area is 132 Å². The molecule has 1 aromatic heterocycles. The quantitative estimate of drug-likeness (QED) is 0.633. The zero-order chi connectivity index (χ0) is 16.7. The minimum atomic E-state index is -0.485. The van der Waals surface area contributed by atoms with Crippen molar-refractivity contribution in [1.29, 1.82) is 0 Å². The lowest BCUT2D eigenvalue weighted by Gasteiger charge is -2.05. The van der Waals surface area contributed by atoms with Gasteiger partial charge in [0.25, 0.3) is 0 Å². The normalized spacial score (nSPS) is 11.1. The number of hydrogen-bond acceptors (Lipinski definition) is 4. The lowest BCUT2D eigenvalue weighted by molar-refractivity contribution is -0.120. The Hall–Kier alpha value is -2.96. The number of halogens is 1. The summed E-state index contributed by atoms with van der Waals surface area (Å²) in [4.78, 5) is 23.4. The zero-order valence-electron chi connectivity index (χ0n) is 12.5. The van der Waals surface area contributed by atoms with Gasteiger partial charge in [-0.05, 0) is 36.8 Å². The second-order valence-electron chi connectivity index (χ2n) is 4.85. The van der Waals surface area contributed by atoms with Gasteiger partial charge in [-0.15, -0.1) is 0 Å². The highest BCUT2D eigenvalue weighted by Gasteiger charge is 2.08. The molecule has 0 saturated heterocycles. The van der Waals surface area contributed by atoms with Crippen LogP contribution in [0.3, 0.4) is 0 Å². The van der Waals surface area contributed by atoms with Crippen LogP contribution in [0.5, 0.6) is 0 Å². The molecule has 0 aliphatic heterocycles. The van der Waals surface area contributed by atoms with Crippen LogP contribution in [0.15, 0.2) is 52.2 Å². The molecule has 23 heavy (non-hydrogen) atoms. The van der Waals surface area contributed by atoms with Crippen molar-refractivity contribution in [2.24, 2.45) is 5.10 Å². The third kappa shape index (κ3) is 5.39. The highest BCUT2D eigenvalue weighted by molar-refractivity contribution is 6.00. The minimum absolute atomic E-state index is 0.0413. The van der Waals surface area contributed by atoms with Gasteiger partial charge in [0, 0.05) is 12.3 Å². The van der Waals surface area contributed by atoms with Crippen molar-refractivity contribution in [3.8, 4) is 0 Å². The molecule has 0 unspecified atom stereocenters. The van der Waals surface area contributed by atoms with Crippen molar-refractivity contribution >= 4 is 17.5 Å². The fraction of sp³-hybridized carbons (Fsp3) is 0.188. The standard InChI is InChI=1S/C16H16FN3O3/c1-11(19-20-16(22)14-3-2-8-23-14)9-15(21)18-10-12-4-6-13(17)7-5-12/h2-8H,9-10H2,1H3,(H,18,21)(H,20,22)/b19-11-. The number of hydrazone groups is 1. The molecule has 0 aliphatic rings. The number of carbonyl (C=O) groups is 2. The second-order valence-corrected chi connectivity index (χ2v) is 4.85. The van der Waals surface area contributed by atoms with Crippen LogP contribution in [0.4, 0.5) is 4.39 Å². The van der Waals surface area contributed by atoms with E-state index in [0.717, 1.165) is 5.56 Å². The second kappa shape index (κ2) is 7.88. The van der Waals surface area contributed by atoms with Crippen LogP contribution < -0.4 is 10.7 Å². The Kier molecular flexibility index (Phi) is 5.62. The largest absolute Gasteiger partial charge is 0.459 e. The van der Waals surface area contributed by atoms with Crippen LogP contribution in [0.2, 0.25) is 0 Å². The third-order valence-electron chi connectivity index (χ3n) is 2.91. The first-order valence-corrected chi connectivity index (χ1v) is 6.93. The third-order valence-corrected chi connectivity index (χ3v) is 2.91. The molecule has 2 N–H and O–H groups in total. The Morgan fingerprint density at radius 2 is 1.96 bits per heavy atom. The first-order valence-electron chi connectivity index (χ1n) is 6.93. The van der Waals surface area contributed by atoms with E-state index in [0.29, 0.717) is 12.3 Å². The molecule has 6 nitrogen and oxygen atoms in total. The van der Waals surface area contributed by atoms with Gasteiger partial charge in [0.2, 0.25) is 5.91 Å². The van der Waals surface area contributed by atoms with Crippen molar-refractivity contribution in [3.63, 3.8) is 0 Å². The molecule has 7 heteroatoms. The summed E-state index contributed by atoms with van der Waals surface area (Å²) in [5.74, 6) is -0.915. The smallest absolute Gasteiger partial charge is 0.307 e. The van der Waals surface area contributed by atoms with Crippen LogP contribution in [0.1, 0.15) is 29.5 Å². The molecule has 0 saturated carbocycles. The van der Waals surface area contributed by atoms with E-state index >= 15 is 0 Å². The molecule has 0 fully saturated rings. The molecular formula is C16H16FN3O3. The molecule has 120 valence electrons. The summed E-state index contributed by atoms with van der Waals surface area (Å²) in [5, 5.41) is 6.52. The number of benzene rings is 1. The fourth-order valence-corrected chi connectivity index (χ4v) is 1.75. The van der Waals surface area contributed by atoms with Gasteiger partial charge in [0.05, 0.1) is 12.7 Å². The fourth-order valence-electron chi connectivity index (χ4n) is 1.75. The number of hydrogen-bond donors (Lipinski definition) is 2. The number of rotatable bonds is 6. The molecule has 2 amide bonds. The molecule has 0 aliphatic carbocycles. The molecule has 0 radical (unpaired) electrons. The monoisotopic (exact) mass is 317 g/mol. The first-order chi connectivity index (χ1) is 11.0. The van der Waals surface area contributed by atoms with E-state index in [4.69, 9.17) is 4.42 Å². The van der Waals surface area contributed by atoms with Crippen LogP contribution in [0, 0.1) is 5.82 Å². The van der Waals surface area contributed by atoms with Crippen LogP contribution in [0.25, 0.3) is 0 Å². The Morgan fingerprint density at radius 1 is 1.22 bits per heavy atom. The van der Waals surface area contributed by atoms with Crippen molar-refractivity contribution in [1.82, 2.24) is 10.7 Å². The zero-order valence-corrected chi connectivity index (χ0v) is 12.5. The molecule has 0 bridgehead atoms. The summed E-state index contributed by atoms with van der Waals surface area (Å²) >= 11 is 0. The van der Waals surface area contributed by atoms with Gasteiger partial charge in [-0.25, -0.2) is 9.82 Å². The van der Waals surface area contributed by atoms with Crippen LogP contribution in [-0.4, -0.2) is 17.5 Å². The van der Waals surface area contributed by atoms with Gasteiger partial charge in [-0.2, -0.15) is 5.10 Å². The lowest BCUT2D eigenvalue weighted by Crippen LogP contribution is -2.26. The number of nitrogens with zero attached hydrogens (tertiary/aromatic N) is 1. The molecule has 2 rings (SSSR count). The Balaban J connectivity index is 1.76. The molecule has 1 aromatic carbocycles. The average Bonchev–Trinajstić information content (AvgIpc) is 3.06. The maximum Gasteiger partial charge on any atom is 0.307 e.